The zero-order chi connectivity index (χ0) is 43.2. The molecule has 0 saturated carbocycles. The van der Waals surface area contributed by atoms with Gasteiger partial charge in [-0.25, -0.2) is 0 Å². The van der Waals surface area contributed by atoms with Crippen molar-refractivity contribution in [1.82, 2.24) is 9.97 Å². The van der Waals surface area contributed by atoms with Crippen molar-refractivity contribution >= 4 is 39.6 Å². The van der Waals surface area contributed by atoms with Gasteiger partial charge in [0, 0.05) is 38.5 Å². The number of rotatable bonds is 8. The molecule has 0 spiro atoms. The number of fused-ring (bicyclic) bond motifs is 3. The minimum Gasteiger partial charge on any atom is 0 e. The van der Waals surface area contributed by atoms with Crippen LogP contribution in [0, 0.1) is 44.7 Å². The Morgan fingerprint density at radius 1 is 0.736 bits per heavy atom. The fraction of sp³-hybridized carbons (Fsp3) is 0.292. The number of furan rings is 1. The Hall–Kier alpha value is -3.83. The molecule has 53 heavy (non-hydrogen) atoms. The van der Waals surface area contributed by atoms with E-state index in [1.807, 2.05) is 62.5 Å². The minimum atomic E-state index is -2.48. The number of aromatic nitrogens is 2. The fourth-order valence-corrected chi connectivity index (χ4v) is 9.51. The summed E-state index contributed by atoms with van der Waals surface area (Å²) in [6.07, 6.45) is -0.0260. The maximum atomic E-state index is 8.65. The van der Waals surface area contributed by atoms with Crippen molar-refractivity contribution in [1.29, 1.82) is 0 Å². The first-order valence-electron chi connectivity index (χ1n) is 21.5. The molecule has 0 bridgehead atoms. The van der Waals surface area contributed by atoms with Crippen LogP contribution in [-0.2, 0) is 32.9 Å². The first kappa shape index (κ1) is 31.5. The zero-order valence-corrected chi connectivity index (χ0v) is 36.5. The van der Waals surface area contributed by atoms with Gasteiger partial charge in [-0.15, -0.1) is 18.2 Å². The summed E-state index contributed by atoms with van der Waals surface area (Å²) in [6, 6.07) is 33.8. The van der Waals surface area contributed by atoms with E-state index in [1.54, 1.807) is 26.0 Å². The number of hydrogen-bond donors (Lipinski definition) is 0. The van der Waals surface area contributed by atoms with Gasteiger partial charge < -0.3 is 9.40 Å². The molecule has 0 atom stereocenters. The molecule has 0 aliphatic heterocycles. The van der Waals surface area contributed by atoms with Crippen LogP contribution in [0.4, 0.5) is 0 Å². The number of pyridine rings is 2. The Balaban J connectivity index is 0.000000255. The Morgan fingerprint density at radius 3 is 2.09 bits per heavy atom. The van der Waals surface area contributed by atoms with E-state index in [1.165, 1.54) is 22.9 Å². The van der Waals surface area contributed by atoms with Crippen LogP contribution in [0.2, 0.25) is 17.3 Å². The molecule has 7 aromatic rings. The molecule has 0 aliphatic carbocycles. The third kappa shape index (κ3) is 9.28. The van der Waals surface area contributed by atoms with E-state index < -0.39 is 38.8 Å². The van der Waals surface area contributed by atoms with Gasteiger partial charge in [0.2, 0.25) is 0 Å². The molecule has 3 heterocycles. The summed E-state index contributed by atoms with van der Waals surface area (Å²) in [7, 11) is 0. The Kier molecular flexibility index (Phi) is 10.2. The van der Waals surface area contributed by atoms with Gasteiger partial charge in [0.1, 0.15) is 5.58 Å². The van der Waals surface area contributed by atoms with Crippen LogP contribution in [0.3, 0.4) is 0 Å². The average Bonchev–Trinajstić information content (AvgIpc) is 3.55. The second kappa shape index (κ2) is 17.1. The van der Waals surface area contributed by atoms with Gasteiger partial charge in [0.15, 0.2) is 0 Å². The van der Waals surface area contributed by atoms with Crippen molar-refractivity contribution in [2.45, 2.75) is 78.4 Å². The van der Waals surface area contributed by atoms with E-state index in [9.17, 15) is 0 Å². The summed E-state index contributed by atoms with van der Waals surface area (Å²) in [5, 5.41) is 1.85. The third-order valence-electron chi connectivity index (χ3n) is 8.95. The van der Waals surface area contributed by atoms with Gasteiger partial charge >= 0.3 is 128 Å². The molecule has 3 nitrogen and oxygen atoms in total. The van der Waals surface area contributed by atoms with Crippen molar-refractivity contribution < 1.29 is 34.1 Å². The van der Waals surface area contributed by atoms with Crippen LogP contribution >= 0.6 is 0 Å². The van der Waals surface area contributed by atoms with Crippen molar-refractivity contribution in [2.75, 3.05) is 0 Å². The smallest absolute Gasteiger partial charge is 0 e. The van der Waals surface area contributed by atoms with Crippen LogP contribution in [-0.4, -0.2) is 23.2 Å². The second-order valence-electron chi connectivity index (χ2n) is 15.0. The number of aryl methyl sites for hydroxylation is 3. The maximum absolute atomic E-state index is 8.65. The largest absolute Gasteiger partial charge is 0 e. The molecule has 7 rings (SSSR count). The molecule has 4 aromatic carbocycles. The van der Waals surface area contributed by atoms with E-state index in [0.29, 0.717) is 16.8 Å². The van der Waals surface area contributed by atoms with Gasteiger partial charge in [-0.3, -0.25) is 0 Å². The molecule has 0 aliphatic rings. The Bertz CT molecular complexity index is 2610. The van der Waals surface area contributed by atoms with E-state index in [0.717, 1.165) is 43.1 Å². The SMILES string of the molecule is [2H]C([2H])([2H])c1cnc(-c2[c-]ccc3c2oc2cc(-c4c(C)cccc4C)ccc23)cc1C([2H])([2H])C(C)C.[2H]C([2H])(c1cc(-c2[c-]cccc2)nc[c]1[Ge]([CH3])([CH3])[CH3])C(C)C.[Ir]. The molecule has 5 heteroatoms. The van der Waals surface area contributed by atoms with Crippen molar-refractivity contribution in [3.05, 3.63) is 137 Å². The number of nitrogens with zero attached hydrogens (tertiary/aromatic N) is 2. The monoisotopic (exact) mass is 946 g/mol. The molecule has 1 radical (unpaired) electrons. The predicted molar refractivity (Wildman–Crippen MR) is 224 cm³/mol. The van der Waals surface area contributed by atoms with Crippen LogP contribution in [0.1, 0.15) is 65.1 Å². The number of benzene rings is 4. The minimum absolute atomic E-state index is 0. The van der Waals surface area contributed by atoms with Gasteiger partial charge in [-0.05, 0) is 72.6 Å². The molecule has 0 amide bonds. The second-order valence-corrected chi connectivity index (χ2v) is 25.6. The summed E-state index contributed by atoms with van der Waals surface area (Å²) >= 11 is -2.20. The molecule has 0 fully saturated rings. The predicted octanol–water partition coefficient (Wildman–Crippen LogP) is 12.5. The summed E-state index contributed by atoms with van der Waals surface area (Å²) in [6.45, 7) is 9.07. The third-order valence-corrected chi connectivity index (χ3v) is 13.2. The molecule has 3 aromatic heterocycles. The summed E-state index contributed by atoms with van der Waals surface area (Å²) in [5.74, 6) is 6.34. The average molecular weight is 945 g/mol. The molecule has 0 unspecified atom stereocenters. The van der Waals surface area contributed by atoms with Crippen LogP contribution in [0.25, 0.3) is 55.6 Å². The van der Waals surface area contributed by atoms with E-state index >= 15 is 0 Å². The van der Waals surface area contributed by atoms with E-state index in [-0.39, 0.29) is 37.2 Å². The van der Waals surface area contributed by atoms with Crippen LogP contribution in [0.15, 0.2) is 102 Å². The van der Waals surface area contributed by atoms with Gasteiger partial charge in [0.25, 0.3) is 0 Å². The van der Waals surface area contributed by atoms with E-state index in [4.69, 9.17) is 14.0 Å². The topological polar surface area (TPSA) is 38.9 Å². The van der Waals surface area contributed by atoms with Crippen LogP contribution < -0.4 is 4.40 Å². The van der Waals surface area contributed by atoms with Gasteiger partial charge in [-0.1, -0.05) is 66.8 Å². The summed E-state index contributed by atoms with van der Waals surface area (Å²) in [4.78, 5) is 9.04. The standard InChI is InChI=1S/C30H28NO.C18H24GeN.Ir/c1-18(2)14-23-15-27(31-17-21(23)5)26-11-7-10-25-24-13-12-22(16-28(24)32-30(25)26)29-19(3)8-6-9-20(29)4;1-14(2)11-16-12-18(15-9-7-6-8-10-15)20-13-17(16)19(3,4)5;/h6-10,12-13,15-18H,14H2,1-5H3;6-9,12-14H,11H2,1-5H3;/q2*-1;/i5D3,14D2;11D2;. The zero-order valence-electron chi connectivity index (χ0n) is 39.0. The Labute approximate surface area is 343 Å². The Morgan fingerprint density at radius 2 is 1.43 bits per heavy atom. The summed E-state index contributed by atoms with van der Waals surface area (Å²) in [5.41, 5.74) is 9.51. The molecule has 0 saturated heterocycles. The molecular formula is C48H52GeIrN2O-2. The van der Waals surface area contributed by atoms with Crippen molar-refractivity contribution in [2.24, 2.45) is 11.8 Å². The van der Waals surface area contributed by atoms with Gasteiger partial charge in [0.05, 0.1) is 5.58 Å². The summed E-state index contributed by atoms with van der Waals surface area (Å²) < 4.78 is 65.7. The maximum Gasteiger partial charge on any atom is 0 e. The normalized spacial score (nSPS) is 14.3. The molecule has 275 valence electrons. The fourth-order valence-electron chi connectivity index (χ4n) is 6.56. The quantitative estimate of drug-likeness (QED) is 0.113. The first-order chi connectivity index (χ1) is 27.5. The van der Waals surface area contributed by atoms with Crippen molar-refractivity contribution in [3.8, 4) is 33.6 Å². The molecular weight excluding hydrogens is 885 g/mol. The molecule has 0 N–H and O–H groups in total. The number of hydrogen-bond acceptors (Lipinski definition) is 3. The van der Waals surface area contributed by atoms with Crippen molar-refractivity contribution in [3.63, 3.8) is 0 Å². The van der Waals surface area contributed by atoms with Crippen LogP contribution in [0.5, 0.6) is 0 Å². The van der Waals surface area contributed by atoms with Gasteiger partial charge in [-0.2, -0.15) is 0 Å². The first-order valence-corrected chi connectivity index (χ1v) is 25.3. The van der Waals surface area contributed by atoms with E-state index in [2.05, 4.69) is 83.5 Å².